The van der Waals surface area contributed by atoms with Crippen molar-refractivity contribution in [2.45, 2.75) is 20.0 Å². The van der Waals surface area contributed by atoms with Gasteiger partial charge in [-0.25, -0.2) is 0 Å². The summed E-state index contributed by atoms with van der Waals surface area (Å²) in [6, 6.07) is 10.7. The smallest absolute Gasteiger partial charge is 0.313 e. The van der Waals surface area contributed by atoms with E-state index in [-0.39, 0.29) is 6.54 Å². The molecule has 0 saturated carbocycles. The summed E-state index contributed by atoms with van der Waals surface area (Å²) in [5, 5.41) is 5.62. The number of hydrogen-bond acceptors (Lipinski definition) is 4. The largest absolute Gasteiger partial charge is 0.495 e. The van der Waals surface area contributed by atoms with Gasteiger partial charge in [0.15, 0.2) is 0 Å². The Morgan fingerprint density at radius 2 is 1.88 bits per heavy atom. The Bertz CT molecular complexity index is 793. The number of methoxy groups -OCH3 is 1. The van der Waals surface area contributed by atoms with Gasteiger partial charge in [-0.15, -0.1) is 0 Å². The summed E-state index contributed by atoms with van der Waals surface area (Å²) in [6.45, 7) is 2.44. The van der Waals surface area contributed by atoms with Crippen LogP contribution in [0.25, 0.3) is 0 Å². The second kappa shape index (κ2) is 8.50. The number of amides is 2. The van der Waals surface area contributed by atoms with Crippen LogP contribution in [-0.4, -0.2) is 18.9 Å². The van der Waals surface area contributed by atoms with Crippen LogP contribution >= 0.6 is 11.6 Å². The highest BCUT2D eigenvalue weighted by Crippen LogP contribution is 2.30. The maximum absolute atomic E-state index is 12.1. The summed E-state index contributed by atoms with van der Waals surface area (Å²) in [6.07, 6.45) is 0. The molecule has 0 aliphatic heterocycles. The third-order valence-electron chi connectivity index (χ3n) is 3.62. The number of hydrogen-bond donors (Lipinski definition) is 3. The van der Waals surface area contributed by atoms with Crippen molar-refractivity contribution in [2.75, 3.05) is 12.4 Å². The van der Waals surface area contributed by atoms with E-state index >= 15 is 0 Å². The van der Waals surface area contributed by atoms with Gasteiger partial charge in [0.25, 0.3) is 0 Å². The molecule has 2 aromatic rings. The molecular formula is C18H20ClN3O3. The highest BCUT2D eigenvalue weighted by atomic mass is 35.5. The molecule has 0 atom stereocenters. The second-order valence-corrected chi connectivity index (χ2v) is 5.87. The van der Waals surface area contributed by atoms with Gasteiger partial charge in [0, 0.05) is 24.2 Å². The van der Waals surface area contributed by atoms with Gasteiger partial charge in [-0.1, -0.05) is 35.9 Å². The monoisotopic (exact) mass is 361 g/mol. The lowest BCUT2D eigenvalue weighted by Crippen LogP contribution is -2.35. The minimum Gasteiger partial charge on any atom is -0.495 e. The SMILES string of the molecule is COc1cc(Cl)c(C)cc1NC(=O)C(=O)NCc1cccc(CN)c1. The lowest BCUT2D eigenvalue weighted by Gasteiger charge is -2.12. The third kappa shape index (κ3) is 4.95. The summed E-state index contributed by atoms with van der Waals surface area (Å²) in [5.74, 6) is -1.14. The minimum atomic E-state index is -0.782. The fourth-order valence-corrected chi connectivity index (χ4v) is 2.39. The van der Waals surface area contributed by atoms with Crippen molar-refractivity contribution in [3.05, 3.63) is 58.1 Å². The van der Waals surface area contributed by atoms with Crippen LogP contribution in [0.5, 0.6) is 5.75 Å². The summed E-state index contributed by atoms with van der Waals surface area (Å²) in [4.78, 5) is 24.1. The van der Waals surface area contributed by atoms with E-state index in [0.717, 1.165) is 16.7 Å². The number of rotatable bonds is 5. The number of benzene rings is 2. The summed E-state index contributed by atoms with van der Waals surface area (Å²) >= 11 is 6.03. The van der Waals surface area contributed by atoms with Crippen LogP contribution < -0.4 is 21.1 Å². The number of halogens is 1. The molecule has 0 radical (unpaired) electrons. The van der Waals surface area contributed by atoms with Gasteiger partial charge in [-0.05, 0) is 29.7 Å². The van der Waals surface area contributed by atoms with Crippen molar-refractivity contribution < 1.29 is 14.3 Å². The first-order valence-corrected chi connectivity index (χ1v) is 8.03. The molecule has 0 heterocycles. The van der Waals surface area contributed by atoms with Crippen LogP contribution in [0.3, 0.4) is 0 Å². The number of nitrogens with two attached hydrogens (primary N) is 1. The van der Waals surface area contributed by atoms with Gasteiger partial charge in [0.1, 0.15) is 5.75 Å². The van der Waals surface area contributed by atoms with Gasteiger partial charge < -0.3 is 21.1 Å². The van der Waals surface area contributed by atoms with E-state index in [2.05, 4.69) is 10.6 Å². The molecule has 132 valence electrons. The number of aryl methyl sites for hydroxylation is 1. The van der Waals surface area contributed by atoms with E-state index < -0.39 is 11.8 Å². The average Bonchev–Trinajstić information content (AvgIpc) is 2.62. The van der Waals surface area contributed by atoms with E-state index in [9.17, 15) is 9.59 Å². The first kappa shape index (κ1) is 18.8. The van der Waals surface area contributed by atoms with Gasteiger partial charge in [-0.2, -0.15) is 0 Å². The fourth-order valence-electron chi connectivity index (χ4n) is 2.24. The molecule has 0 saturated heterocycles. The van der Waals surface area contributed by atoms with Crippen molar-refractivity contribution in [1.82, 2.24) is 5.32 Å². The third-order valence-corrected chi connectivity index (χ3v) is 4.02. The van der Waals surface area contributed by atoms with Crippen molar-refractivity contribution >= 4 is 29.1 Å². The fraction of sp³-hybridized carbons (Fsp3) is 0.222. The lowest BCUT2D eigenvalue weighted by atomic mass is 10.1. The molecular weight excluding hydrogens is 342 g/mol. The van der Waals surface area contributed by atoms with E-state index in [1.54, 1.807) is 19.1 Å². The predicted octanol–water partition coefficient (Wildman–Crippen LogP) is 2.37. The molecule has 2 aromatic carbocycles. The van der Waals surface area contributed by atoms with Crippen molar-refractivity contribution in [1.29, 1.82) is 0 Å². The maximum Gasteiger partial charge on any atom is 0.313 e. The summed E-state index contributed by atoms with van der Waals surface area (Å²) in [7, 11) is 1.46. The zero-order valence-corrected chi connectivity index (χ0v) is 14.8. The van der Waals surface area contributed by atoms with E-state index in [0.29, 0.717) is 23.0 Å². The Hall–Kier alpha value is -2.57. The standard InChI is InChI=1S/C18H20ClN3O3/c1-11-6-15(16(25-2)8-14(11)19)22-18(24)17(23)21-10-13-5-3-4-12(7-13)9-20/h3-8H,9-10,20H2,1-2H3,(H,21,23)(H,22,24). The number of ether oxygens (including phenoxy) is 1. The number of nitrogens with one attached hydrogen (secondary N) is 2. The first-order valence-electron chi connectivity index (χ1n) is 7.65. The summed E-state index contributed by atoms with van der Waals surface area (Å²) in [5.41, 5.74) is 8.55. The van der Waals surface area contributed by atoms with Crippen LogP contribution in [0.2, 0.25) is 5.02 Å². The Morgan fingerprint density at radius 1 is 1.16 bits per heavy atom. The molecule has 0 spiro atoms. The van der Waals surface area contributed by atoms with Crippen LogP contribution in [0, 0.1) is 6.92 Å². The lowest BCUT2D eigenvalue weighted by molar-refractivity contribution is -0.136. The van der Waals surface area contributed by atoms with Crippen LogP contribution in [0.1, 0.15) is 16.7 Å². The second-order valence-electron chi connectivity index (χ2n) is 5.46. The highest BCUT2D eigenvalue weighted by Gasteiger charge is 2.16. The molecule has 0 unspecified atom stereocenters. The summed E-state index contributed by atoms with van der Waals surface area (Å²) < 4.78 is 5.17. The molecule has 2 rings (SSSR count). The first-order chi connectivity index (χ1) is 11.9. The molecule has 0 fully saturated rings. The van der Waals surface area contributed by atoms with Crippen LogP contribution in [-0.2, 0) is 22.7 Å². The Labute approximate surface area is 151 Å². The normalized spacial score (nSPS) is 10.2. The van der Waals surface area contributed by atoms with Gasteiger partial charge in [0.05, 0.1) is 12.8 Å². The molecule has 6 nitrogen and oxygen atoms in total. The molecule has 0 aliphatic rings. The Kier molecular flexibility index (Phi) is 6.38. The van der Waals surface area contributed by atoms with E-state index in [4.69, 9.17) is 22.1 Å². The van der Waals surface area contributed by atoms with Crippen molar-refractivity contribution in [2.24, 2.45) is 5.73 Å². The predicted molar refractivity (Wildman–Crippen MR) is 97.6 cm³/mol. The van der Waals surface area contributed by atoms with Gasteiger partial charge in [-0.3, -0.25) is 9.59 Å². The molecule has 0 bridgehead atoms. The highest BCUT2D eigenvalue weighted by molar-refractivity contribution is 6.40. The quantitative estimate of drug-likeness (QED) is 0.713. The minimum absolute atomic E-state index is 0.233. The van der Waals surface area contributed by atoms with E-state index in [1.165, 1.54) is 7.11 Å². The molecule has 4 N–H and O–H groups in total. The van der Waals surface area contributed by atoms with Gasteiger partial charge >= 0.3 is 11.8 Å². The Morgan fingerprint density at radius 3 is 2.56 bits per heavy atom. The molecule has 7 heteroatoms. The molecule has 0 aliphatic carbocycles. The van der Waals surface area contributed by atoms with Gasteiger partial charge in [0.2, 0.25) is 0 Å². The number of carbonyl (C=O) groups is 2. The van der Waals surface area contributed by atoms with Crippen LogP contribution in [0.4, 0.5) is 5.69 Å². The zero-order valence-electron chi connectivity index (χ0n) is 14.1. The molecule has 2 amide bonds. The molecule has 25 heavy (non-hydrogen) atoms. The Balaban J connectivity index is 2.01. The molecule has 0 aromatic heterocycles. The number of carbonyl (C=O) groups excluding carboxylic acids is 2. The average molecular weight is 362 g/mol. The number of anilines is 1. The van der Waals surface area contributed by atoms with Crippen molar-refractivity contribution in [3.8, 4) is 5.75 Å². The van der Waals surface area contributed by atoms with E-state index in [1.807, 2.05) is 24.3 Å². The van der Waals surface area contributed by atoms with Crippen LogP contribution in [0.15, 0.2) is 36.4 Å². The topological polar surface area (TPSA) is 93.4 Å². The zero-order chi connectivity index (χ0) is 18.4. The van der Waals surface area contributed by atoms with Crippen molar-refractivity contribution in [3.63, 3.8) is 0 Å². The maximum atomic E-state index is 12.1.